The van der Waals surface area contributed by atoms with Gasteiger partial charge in [0.25, 0.3) is 0 Å². The van der Waals surface area contributed by atoms with Crippen LogP contribution in [-0.4, -0.2) is 23.2 Å². The van der Waals surface area contributed by atoms with Gasteiger partial charge in [-0.1, -0.05) is 30.3 Å². The summed E-state index contributed by atoms with van der Waals surface area (Å²) < 4.78 is 5.03. The van der Waals surface area contributed by atoms with Crippen molar-refractivity contribution < 1.29 is 19.4 Å². The van der Waals surface area contributed by atoms with E-state index in [1.54, 1.807) is 0 Å². The Bertz CT molecular complexity index is 426. The van der Waals surface area contributed by atoms with Crippen molar-refractivity contribution in [2.45, 2.75) is 25.5 Å². The second kappa shape index (κ2) is 5.53. The van der Waals surface area contributed by atoms with Gasteiger partial charge in [-0.15, -0.1) is 0 Å². The van der Waals surface area contributed by atoms with Gasteiger partial charge in [-0.2, -0.15) is 0 Å². The lowest BCUT2D eigenvalue weighted by molar-refractivity contribution is -0.145. The fraction of sp³-hybridized carbons (Fsp3) is 0.385. The molecule has 1 aliphatic carbocycles. The quantitative estimate of drug-likeness (QED) is 0.852. The van der Waals surface area contributed by atoms with E-state index in [-0.39, 0.29) is 18.6 Å². The van der Waals surface area contributed by atoms with Crippen molar-refractivity contribution in [3.63, 3.8) is 0 Å². The Morgan fingerprint density at radius 1 is 1.28 bits per heavy atom. The first-order valence-corrected chi connectivity index (χ1v) is 5.85. The Balaban J connectivity index is 1.66. The van der Waals surface area contributed by atoms with Crippen LogP contribution in [0.25, 0.3) is 0 Å². The lowest BCUT2D eigenvalue weighted by Gasteiger charge is -2.32. The third kappa shape index (κ3) is 3.23. The molecular weight excluding hydrogens is 234 g/mol. The van der Waals surface area contributed by atoms with Crippen LogP contribution in [0.15, 0.2) is 30.3 Å². The summed E-state index contributed by atoms with van der Waals surface area (Å²) in [5.41, 5.74) is 0.921. The number of carbonyl (C=O) groups is 2. The van der Waals surface area contributed by atoms with Crippen molar-refractivity contribution in [2.75, 3.05) is 0 Å². The van der Waals surface area contributed by atoms with Crippen molar-refractivity contribution in [2.24, 2.45) is 5.92 Å². The molecule has 2 rings (SSSR count). The summed E-state index contributed by atoms with van der Waals surface area (Å²) in [6, 6.07) is 9.31. The van der Waals surface area contributed by atoms with E-state index in [0.29, 0.717) is 12.8 Å². The maximum atomic E-state index is 11.4. The summed E-state index contributed by atoms with van der Waals surface area (Å²) in [6.07, 6.45) is 0.471. The van der Waals surface area contributed by atoms with Crippen LogP contribution in [0.1, 0.15) is 18.4 Å². The molecule has 2 N–H and O–H groups in total. The average Bonchev–Trinajstić information content (AvgIpc) is 2.31. The van der Waals surface area contributed by atoms with Gasteiger partial charge in [-0.3, -0.25) is 4.79 Å². The van der Waals surface area contributed by atoms with E-state index in [2.05, 4.69) is 5.32 Å². The molecule has 96 valence electrons. The topological polar surface area (TPSA) is 75.6 Å². The molecule has 1 aromatic carbocycles. The van der Waals surface area contributed by atoms with Gasteiger partial charge < -0.3 is 15.2 Å². The van der Waals surface area contributed by atoms with Gasteiger partial charge in [0, 0.05) is 6.04 Å². The number of nitrogens with one attached hydrogen (secondary N) is 1. The Hall–Kier alpha value is -2.04. The number of hydrogen-bond acceptors (Lipinski definition) is 3. The molecule has 0 aromatic heterocycles. The van der Waals surface area contributed by atoms with Crippen molar-refractivity contribution in [3.05, 3.63) is 35.9 Å². The zero-order valence-electron chi connectivity index (χ0n) is 9.83. The molecule has 1 aliphatic rings. The van der Waals surface area contributed by atoms with Crippen LogP contribution in [0.3, 0.4) is 0 Å². The largest absolute Gasteiger partial charge is 0.481 e. The molecule has 5 nitrogen and oxygen atoms in total. The molecule has 0 aliphatic heterocycles. The van der Waals surface area contributed by atoms with Crippen LogP contribution in [0.2, 0.25) is 0 Å². The van der Waals surface area contributed by atoms with Crippen LogP contribution >= 0.6 is 0 Å². The smallest absolute Gasteiger partial charge is 0.407 e. The van der Waals surface area contributed by atoms with E-state index >= 15 is 0 Å². The number of ether oxygens (including phenoxy) is 1. The van der Waals surface area contributed by atoms with E-state index in [1.165, 1.54) is 0 Å². The summed E-state index contributed by atoms with van der Waals surface area (Å²) in [5, 5.41) is 11.3. The molecule has 1 amide bonds. The molecule has 0 heterocycles. The van der Waals surface area contributed by atoms with E-state index in [0.717, 1.165) is 5.56 Å². The summed E-state index contributed by atoms with van der Waals surface area (Å²) in [4.78, 5) is 22.0. The number of benzene rings is 1. The predicted octanol–water partition coefficient (Wildman–Crippen LogP) is 1.78. The Morgan fingerprint density at radius 2 is 1.94 bits per heavy atom. The van der Waals surface area contributed by atoms with E-state index in [9.17, 15) is 9.59 Å². The normalized spacial score (nSPS) is 21.8. The molecular formula is C13H15NO4. The van der Waals surface area contributed by atoms with Gasteiger partial charge in [0.15, 0.2) is 0 Å². The van der Waals surface area contributed by atoms with Gasteiger partial charge in [0.1, 0.15) is 6.61 Å². The number of amides is 1. The summed E-state index contributed by atoms with van der Waals surface area (Å²) in [5.74, 6) is -1.13. The molecule has 1 fully saturated rings. The Morgan fingerprint density at radius 3 is 2.56 bits per heavy atom. The molecule has 0 unspecified atom stereocenters. The van der Waals surface area contributed by atoms with Crippen molar-refractivity contribution in [1.29, 1.82) is 0 Å². The van der Waals surface area contributed by atoms with Gasteiger partial charge in [-0.05, 0) is 18.4 Å². The molecule has 1 aromatic rings. The molecule has 5 heteroatoms. The fourth-order valence-corrected chi connectivity index (χ4v) is 1.87. The zero-order chi connectivity index (χ0) is 13.0. The summed E-state index contributed by atoms with van der Waals surface area (Å²) in [6.45, 7) is 0.224. The predicted molar refractivity (Wildman–Crippen MR) is 63.9 cm³/mol. The first-order chi connectivity index (χ1) is 8.65. The highest BCUT2D eigenvalue weighted by Crippen LogP contribution is 2.27. The van der Waals surface area contributed by atoms with Crippen molar-refractivity contribution in [3.8, 4) is 0 Å². The minimum atomic E-state index is -0.800. The number of rotatable bonds is 4. The molecule has 0 spiro atoms. The number of aliphatic carboxylic acids is 1. The first kappa shape index (κ1) is 12.4. The van der Waals surface area contributed by atoms with E-state index in [1.807, 2.05) is 30.3 Å². The average molecular weight is 249 g/mol. The minimum absolute atomic E-state index is 0.0747. The van der Waals surface area contributed by atoms with Crippen LogP contribution in [0, 0.1) is 5.92 Å². The van der Waals surface area contributed by atoms with Gasteiger partial charge in [0.05, 0.1) is 5.92 Å². The SMILES string of the molecule is O=C(N[C@H]1C[C@@H](C(=O)O)C1)OCc1ccccc1. The monoisotopic (exact) mass is 249 g/mol. The number of hydrogen-bond donors (Lipinski definition) is 2. The molecule has 18 heavy (non-hydrogen) atoms. The van der Waals surface area contributed by atoms with Crippen LogP contribution in [0.4, 0.5) is 4.79 Å². The minimum Gasteiger partial charge on any atom is -0.481 e. The third-order valence-corrected chi connectivity index (χ3v) is 3.02. The number of carbonyl (C=O) groups excluding carboxylic acids is 1. The maximum absolute atomic E-state index is 11.4. The lowest BCUT2D eigenvalue weighted by atomic mass is 9.80. The fourth-order valence-electron chi connectivity index (χ4n) is 1.87. The lowest BCUT2D eigenvalue weighted by Crippen LogP contribution is -2.46. The third-order valence-electron chi connectivity index (χ3n) is 3.02. The highest BCUT2D eigenvalue weighted by molar-refractivity contribution is 5.72. The number of alkyl carbamates (subject to hydrolysis) is 1. The van der Waals surface area contributed by atoms with Gasteiger partial charge in [-0.25, -0.2) is 4.79 Å². The molecule has 0 bridgehead atoms. The van der Waals surface area contributed by atoms with Crippen LogP contribution < -0.4 is 5.32 Å². The highest BCUT2D eigenvalue weighted by Gasteiger charge is 2.35. The summed E-state index contributed by atoms with van der Waals surface area (Å²) in [7, 11) is 0. The van der Waals surface area contributed by atoms with Crippen LogP contribution in [0.5, 0.6) is 0 Å². The van der Waals surface area contributed by atoms with E-state index < -0.39 is 12.1 Å². The standard InChI is InChI=1S/C13H15NO4/c15-12(16)10-6-11(7-10)14-13(17)18-8-9-4-2-1-3-5-9/h1-5,10-11H,6-8H2,(H,14,17)(H,15,16)/t10-,11+. The first-order valence-electron chi connectivity index (χ1n) is 5.85. The van der Waals surface area contributed by atoms with Crippen LogP contribution in [-0.2, 0) is 16.1 Å². The number of carboxylic acid groups (broad SMARTS) is 1. The molecule has 0 atom stereocenters. The second-order valence-electron chi connectivity index (χ2n) is 4.41. The zero-order valence-corrected chi connectivity index (χ0v) is 9.83. The van der Waals surface area contributed by atoms with Crippen molar-refractivity contribution in [1.82, 2.24) is 5.32 Å². The highest BCUT2D eigenvalue weighted by atomic mass is 16.5. The second-order valence-corrected chi connectivity index (χ2v) is 4.41. The summed E-state index contributed by atoms with van der Waals surface area (Å²) >= 11 is 0. The van der Waals surface area contributed by atoms with Gasteiger partial charge >= 0.3 is 12.1 Å². The molecule has 0 saturated heterocycles. The van der Waals surface area contributed by atoms with Gasteiger partial charge in [0.2, 0.25) is 0 Å². The Kier molecular flexibility index (Phi) is 3.82. The molecule has 0 radical (unpaired) electrons. The molecule has 1 saturated carbocycles. The number of carboxylic acids is 1. The Labute approximate surface area is 105 Å². The van der Waals surface area contributed by atoms with E-state index in [4.69, 9.17) is 9.84 Å². The maximum Gasteiger partial charge on any atom is 0.407 e. The van der Waals surface area contributed by atoms with Crippen molar-refractivity contribution >= 4 is 12.1 Å².